The molecule has 122 valence electrons. The van der Waals surface area contributed by atoms with Gasteiger partial charge in [0.05, 0.1) is 12.8 Å². The molecule has 22 heavy (non-hydrogen) atoms. The van der Waals surface area contributed by atoms with Crippen LogP contribution < -0.4 is 20.7 Å². The highest BCUT2D eigenvalue weighted by atomic mass is 35.5. The van der Waals surface area contributed by atoms with E-state index in [1.807, 2.05) is 6.92 Å². The van der Waals surface area contributed by atoms with E-state index in [9.17, 15) is 9.59 Å². The Labute approximate surface area is 135 Å². The molecule has 0 heterocycles. The van der Waals surface area contributed by atoms with E-state index in [1.165, 1.54) is 7.11 Å². The maximum atomic E-state index is 11.9. The lowest BCUT2D eigenvalue weighted by atomic mass is 10.1. The highest BCUT2D eigenvalue weighted by Crippen LogP contribution is 2.27. The van der Waals surface area contributed by atoms with Gasteiger partial charge in [-0.25, -0.2) is 0 Å². The summed E-state index contributed by atoms with van der Waals surface area (Å²) in [6, 6.07) is 4.98. The molecule has 6 nitrogen and oxygen atoms in total. The number of nitrogens with one attached hydrogen (secondary N) is 3. The Morgan fingerprint density at radius 2 is 2.09 bits per heavy atom. The van der Waals surface area contributed by atoms with E-state index in [0.29, 0.717) is 23.0 Å². The Hall–Kier alpha value is -1.79. The Morgan fingerprint density at radius 1 is 1.36 bits per heavy atom. The summed E-state index contributed by atoms with van der Waals surface area (Å²) in [6.07, 6.45) is 0.174. The number of anilines is 1. The Morgan fingerprint density at radius 3 is 2.73 bits per heavy atom. The van der Waals surface area contributed by atoms with E-state index in [0.717, 1.165) is 0 Å². The summed E-state index contributed by atoms with van der Waals surface area (Å²) in [6.45, 7) is 2.70. The molecule has 1 aromatic carbocycles. The van der Waals surface area contributed by atoms with Crippen molar-refractivity contribution >= 4 is 29.1 Å². The number of carbonyl (C=O) groups is 2. The Kier molecular flexibility index (Phi) is 7.70. The molecule has 1 rings (SSSR count). The maximum Gasteiger partial charge on any atom is 0.226 e. The summed E-state index contributed by atoms with van der Waals surface area (Å²) < 4.78 is 5.15. The second-order valence-electron chi connectivity index (χ2n) is 4.89. The molecule has 7 heteroatoms. The third-order valence-corrected chi connectivity index (χ3v) is 3.28. The van der Waals surface area contributed by atoms with Crippen molar-refractivity contribution in [3.05, 3.63) is 23.2 Å². The molecule has 2 amide bonds. The number of ether oxygens (including phenoxy) is 1. The van der Waals surface area contributed by atoms with Gasteiger partial charge >= 0.3 is 0 Å². The third kappa shape index (κ3) is 5.91. The van der Waals surface area contributed by atoms with Gasteiger partial charge in [-0.05, 0) is 25.2 Å². The fourth-order valence-corrected chi connectivity index (χ4v) is 2.04. The van der Waals surface area contributed by atoms with Crippen LogP contribution in [0.1, 0.15) is 13.3 Å². The van der Waals surface area contributed by atoms with Crippen LogP contribution in [-0.2, 0) is 9.59 Å². The van der Waals surface area contributed by atoms with Gasteiger partial charge in [0.2, 0.25) is 11.8 Å². The molecule has 0 saturated carbocycles. The fourth-order valence-electron chi connectivity index (χ4n) is 1.86. The van der Waals surface area contributed by atoms with Gasteiger partial charge < -0.3 is 20.7 Å². The molecule has 0 radical (unpaired) electrons. The van der Waals surface area contributed by atoms with E-state index in [4.69, 9.17) is 16.3 Å². The van der Waals surface area contributed by atoms with Crippen molar-refractivity contribution in [2.45, 2.75) is 13.3 Å². The van der Waals surface area contributed by atoms with Crippen LogP contribution >= 0.6 is 11.6 Å². The first kappa shape index (κ1) is 18.3. The van der Waals surface area contributed by atoms with Gasteiger partial charge in [-0.1, -0.05) is 18.5 Å². The minimum atomic E-state index is -0.220. The first-order valence-electron chi connectivity index (χ1n) is 7.03. The monoisotopic (exact) mass is 327 g/mol. The number of hydrogen-bond acceptors (Lipinski definition) is 4. The van der Waals surface area contributed by atoms with Crippen molar-refractivity contribution in [3.63, 3.8) is 0 Å². The maximum absolute atomic E-state index is 11.9. The van der Waals surface area contributed by atoms with Gasteiger partial charge in [-0.2, -0.15) is 0 Å². The number of methoxy groups -OCH3 is 1. The van der Waals surface area contributed by atoms with Crippen LogP contribution in [-0.4, -0.2) is 39.1 Å². The molecule has 0 aliphatic carbocycles. The largest absolute Gasteiger partial charge is 0.495 e. The number of hydrogen-bond donors (Lipinski definition) is 3. The molecule has 0 spiro atoms. The van der Waals surface area contributed by atoms with Crippen LogP contribution in [0.2, 0.25) is 5.02 Å². The highest BCUT2D eigenvalue weighted by molar-refractivity contribution is 6.31. The molecule has 0 aromatic heterocycles. The molecule has 1 atom stereocenters. The molecule has 0 aliphatic heterocycles. The van der Waals surface area contributed by atoms with Gasteiger partial charge in [0.25, 0.3) is 0 Å². The zero-order valence-electron chi connectivity index (χ0n) is 13.0. The van der Waals surface area contributed by atoms with Crippen molar-refractivity contribution in [2.24, 2.45) is 5.92 Å². The summed E-state index contributed by atoms with van der Waals surface area (Å²) in [7, 11) is 3.30. The molecular weight excluding hydrogens is 306 g/mol. The molecule has 0 bridgehead atoms. The molecule has 0 aliphatic rings. The van der Waals surface area contributed by atoms with Crippen LogP contribution in [0.4, 0.5) is 5.69 Å². The second-order valence-corrected chi connectivity index (χ2v) is 5.33. The average molecular weight is 328 g/mol. The van der Waals surface area contributed by atoms with Crippen LogP contribution in [0.25, 0.3) is 0 Å². The van der Waals surface area contributed by atoms with Crippen LogP contribution in [0.5, 0.6) is 5.75 Å². The van der Waals surface area contributed by atoms with Crippen LogP contribution in [0.15, 0.2) is 18.2 Å². The summed E-state index contributed by atoms with van der Waals surface area (Å²) in [4.78, 5) is 23.6. The molecule has 3 N–H and O–H groups in total. The van der Waals surface area contributed by atoms with Crippen LogP contribution in [0.3, 0.4) is 0 Å². The minimum Gasteiger partial charge on any atom is -0.495 e. The Bertz CT molecular complexity index is 523. The normalized spacial score (nSPS) is 11.6. The van der Waals surface area contributed by atoms with Crippen LogP contribution in [0, 0.1) is 5.92 Å². The summed E-state index contributed by atoms with van der Waals surface area (Å²) >= 11 is 5.90. The van der Waals surface area contributed by atoms with E-state index in [1.54, 1.807) is 25.2 Å². The molecule has 0 saturated heterocycles. The van der Waals surface area contributed by atoms with Gasteiger partial charge in [-0.3, -0.25) is 9.59 Å². The van der Waals surface area contributed by atoms with Gasteiger partial charge in [-0.15, -0.1) is 0 Å². The second kappa shape index (κ2) is 9.27. The van der Waals surface area contributed by atoms with Crippen molar-refractivity contribution in [1.82, 2.24) is 10.6 Å². The zero-order chi connectivity index (χ0) is 16.5. The lowest BCUT2D eigenvalue weighted by molar-refractivity contribution is -0.124. The SMILES string of the molecule is CNCC(C)C(=O)NCCC(=O)Nc1cc(Cl)ccc1OC. The molecule has 1 aromatic rings. The van der Waals surface area contributed by atoms with Crippen molar-refractivity contribution in [2.75, 3.05) is 32.6 Å². The third-order valence-electron chi connectivity index (χ3n) is 3.04. The van der Waals surface area contributed by atoms with Crippen molar-refractivity contribution in [1.29, 1.82) is 0 Å². The predicted molar refractivity (Wildman–Crippen MR) is 87.4 cm³/mol. The minimum absolute atomic E-state index is 0.0810. The molecule has 1 unspecified atom stereocenters. The van der Waals surface area contributed by atoms with E-state index >= 15 is 0 Å². The summed E-state index contributed by atoms with van der Waals surface area (Å²) in [5.74, 6) is 0.0927. The number of carbonyl (C=O) groups excluding carboxylic acids is 2. The standard InChI is InChI=1S/C15H22ClN3O3/c1-10(9-17-2)15(21)18-7-6-14(20)19-12-8-11(16)4-5-13(12)22-3/h4-5,8,10,17H,6-7,9H2,1-3H3,(H,18,21)(H,19,20). The number of rotatable bonds is 8. The number of amides is 2. The fraction of sp³-hybridized carbons (Fsp3) is 0.467. The molecular formula is C15H22ClN3O3. The van der Waals surface area contributed by atoms with E-state index in [-0.39, 0.29) is 30.7 Å². The van der Waals surface area contributed by atoms with Gasteiger partial charge in [0.1, 0.15) is 5.75 Å². The lowest BCUT2D eigenvalue weighted by Gasteiger charge is -2.12. The van der Waals surface area contributed by atoms with Gasteiger partial charge in [0.15, 0.2) is 0 Å². The predicted octanol–water partition coefficient (Wildman–Crippen LogP) is 1.65. The first-order valence-corrected chi connectivity index (χ1v) is 7.41. The quantitative estimate of drug-likeness (QED) is 0.678. The highest BCUT2D eigenvalue weighted by Gasteiger charge is 2.12. The Balaban J connectivity index is 2.44. The van der Waals surface area contributed by atoms with Gasteiger partial charge in [0, 0.05) is 30.5 Å². The average Bonchev–Trinajstić information content (AvgIpc) is 2.47. The molecule has 0 fully saturated rings. The van der Waals surface area contributed by atoms with Crippen molar-refractivity contribution in [3.8, 4) is 5.75 Å². The summed E-state index contributed by atoms with van der Waals surface area (Å²) in [5, 5.41) is 8.88. The van der Waals surface area contributed by atoms with E-state index in [2.05, 4.69) is 16.0 Å². The number of halogens is 1. The zero-order valence-corrected chi connectivity index (χ0v) is 13.8. The summed E-state index contributed by atoms with van der Waals surface area (Å²) in [5.41, 5.74) is 0.509. The smallest absolute Gasteiger partial charge is 0.226 e. The lowest BCUT2D eigenvalue weighted by Crippen LogP contribution is -2.35. The topological polar surface area (TPSA) is 79.5 Å². The number of benzene rings is 1. The first-order chi connectivity index (χ1) is 10.5. The van der Waals surface area contributed by atoms with Crippen molar-refractivity contribution < 1.29 is 14.3 Å². The van der Waals surface area contributed by atoms with E-state index < -0.39 is 0 Å².